The maximum absolute atomic E-state index is 12.8. The fourth-order valence-electron chi connectivity index (χ4n) is 2.47. The van der Waals surface area contributed by atoms with Crippen LogP contribution in [0.3, 0.4) is 0 Å². The van der Waals surface area contributed by atoms with Crippen molar-refractivity contribution in [3.05, 3.63) is 56.8 Å². The van der Waals surface area contributed by atoms with Gasteiger partial charge in [0.05, 0.1) is 25.6 Å². The van der Waals surface area contributed by atoms with Crippen molar-refractivity contribution in [1.29, 1.82) is 0 Å². The highest BCUT2D eigenvalue weighted by Crippen LogP contribution is 2.34. The third kappa shape index (κ3) is 3.36. The summed E-state index contributed by atoms with van der Waals surface area (Å²) in [5.41, 5.74) is 0.947. The highest BCUT2D eigenvalue weighted by molar-refractivity contribution is 14.1. The van der Waals surface area contributed by atoms with Crippen LogP contribution in [0.1, 0.15) is 0 Å². The van der Waals surface area contributed by atoms with Gasteiger partial charge in [-0.2, -0.15) is 0 Å². The van der Waals surface area contributed by atoms with Gasteiger partial charge in [-0.3, -0.25) is 9.59 Å². The molecule has 0 aliphatic carbocycles. The number of nitrogens with zero attached hydrogens (tertiary/aromatic N) is 1. The van der Waals surface area contributed by atoms with Crippen molar-refractivity contribution in [3.63, 3.8) is 0 Å². The van der Waals surface area contributed by atoms with Crippen LogP contribution in [-0.4, -0.2) is 26.0 Å². The van der Waals surface area contributed by atoms with Crippen LogP contribution < -0.4 is 19.7 Å². The van der Waals surface area contributed by atoms with Crippen molar-refractivity contribution in [2.24, 2.45) is 0 Å². The first kappa shape index (κ1) is 18.5. The lowest BCUT2D eigenvalue weighted by molar-refractivity contribution is -0.120. The number of imide groups is 1. The van der Waals surface area contributed by atoms with Crippen molar-refractivity contribution in [2.75, 3.05) is 24.4 Å². The summed E-state index contributed by atoms with van der Waals surface area (Å²) in [5.74, 6) is -0.0528. The van der Waals surface area contributed by atoms with Crippen molar-refractivity contribution in [1.82, 2.24) is 0 Å². The third-order valence-electron chi connectivity index (χ3n) is 3.78. The fourth-order valence-corrected chi connectivity index (χ4v) is 3.04. The second-order valence-electron chi connectivity index (χ2n) is 5.30. The number of ether oxygens (including phenoxy) is 2. The monoisotopic (exact) mass is 484 g/mol. The van der Waals surface area contributed by atoms with Crippen LogP contribution in [0.2, 0.25) is 0 Å². The predicted octanol–water partition coefficient (Wildman–Crippen LogP) is 3.74. The van der Waals surface area contributed by atoms with E-state index in [1.165, 1.54) is 7.11 Å². The number of hydrogen-bond donors (Lipinski definition) is 1. The molecule has 1 aliphatic rings. The van der Waals surface area contributed by atoms with Gasteiger partial charge in [-0.05, 0) is 59.0 Å². The lowest BCUT2D eigenvalue weighted by Crippen LogP contribution is -2.32. The van der Waals surface area contributed by atoms with Crippen LogP contribution >= 0.6 is 34.2 Å². The molecule has 2 amide bonds. The molecule has 0 unspecified atom stereocenters. The van der Waals surface area contributed by atoms with Gasteiger partial charge in [0, 0.05) is 9.64 Å². The molecule has 0 atom stereocenters. The van der Waals surface area contributed by atoms with Crippen molar-refractivity contribution in [3.8, 4) is 11.5 Å². The van der Waals surface area contributed by atoms with Crippen LogP contribution in [0.5, 0.6) is 11.5 Å². The van der Waals surface area contributed by atoms with Gasteiger partial charge in [0.1, 0.15) is 22.2 Å². The van der Waals surface area contributed by atoms with Gasteiger partial charge in [-0.15, -0.1) is 0 Å². The molecule has 2 aromatic rings. The Morgan fingerprint density at radius 3 is 2.31 bits per heavy atom. The lowest BCUT2D eigenvalue weighted by atomic mass is 10.2. The summed E-state index contributed by atoms with van der Waals surface area (Å²) < 4.78 is 11.4. The van der Waals surface area contributed by atoms with Gasteiger partial charge >= 0.3 is 0 Å². The number of amides is 2. The molecule has 0 radical (unpaired) electrons. The molecule has 1 aliphatic heterocycles. The maximum Gasteiger partial charge on any atom is 0.283 e. The first-order valence-corrected chi connectivity index (χ1v) is 8.95. The smallest absolute Gasteiger partial charge is 0.283 e. The number of carbonyl (C=O) groups excluding carboxylic acids is 2. The van der Waals surface area contributed by atoms with Crippen LogP contribution in [0, 0.1) is 3.57 Å². The van der Waals surface area contributed by atoms with Crippen LogP contribution in [0.15, 0.2) is 53.2 Å². The molecule has 134 valence electrons. The molecule has 6 nitrogen and oxygen atoms in total. The van der Waals surface area contributed by atoms with Gasteiger partial charge < -0.3 is 14.8 Å². The number of halogens is 2. The molecular weight excluding hydrogens is 471 g/mol. The zero-order chi connectivity index (χ0) is 18.8. The molecule has 0 aromatic heterocycles. The Morgan fingerprint density at radius 1 is 1.00 bits per heavy atom. The summed E-state index contributed by atoms with van der Waals surface area (Å²) in [4.78, 5) is 26.3. The Morgan fingerprint density at radius 2 is 1.69 bits per heavy atom. The first-order chi connectivity index (χ1) is 12.5. The predicted molar refractivity (Wildman–Crippen MR) is 108 cm³/mol. The number of hydrogen-bond acceptors (Lipinski definition) is 5. The molecule has 8 heteroatoms. The van der Waals surface area contributed by atoms with Crippen molar-refractivity contribution in [2.45, 2.75) is 0 Å². The maximum atomic E-state index is 12.8. The Bertz CT molecular complexity index is 912. The zero-order valence-electron chi connectivity index (χ0n) is 13.9. The van der Waals surface area contributed by atoms with Gasteiger partial charge in [0.25, 0.3) is 11.8 Å². The van der Waals surface area contributed by atoms with Gasteiger partial charge in [-0.25, -0.2) is 4.90 Å². The van der Waals surface area contributed by atoms with Crippen LogP contribution in [0.25, 0.3) is 0 Å². The Kier molecular flexibility index (Phi) is 5.38. The molecule has 0 fully saturated rings. The molecule has 0 bridgehead atoms. The highest BCUT2D eigenvalue weighted by atomic mass is 127. The summed E-state index contributed by atoms with van der Waals surface area (Å²) in [7, 11) is 3.04. The van der Waals surface area contributed by atoms with E-state index in [1.54, 1.807) is 37.4 Å². The van der Waals surface area contributed by atoms with E-state index < -0.39 is 11.8 Å². The topological polar surface area (TPSA) is 67.9 Å². The van der Waals surface area contributed by atoms with E-state index in [2.05, 4.69) is 27.9 Å². The quantitative estimate of drug-likeness (QED) is 0.517. The van der Waals surface area contributed by atoms with Gasteiger partial charge in [-0.1, -0.05) is 11.6 Å². The largest absolute Gasteiger partial charge is 0.497 e. The average molecular weight is 485 g/mol. The standard InChI is InChI=1S/C18H14ClIN2O4/c1-25-12-7-8-13(14(9-12)26-2)21-16-15(19)17(23)22(18(16)24)11-5-3-10(20)4-6-11/h3-9,21H,1-2H3. The highest BCUT2D eigenvalue weighted by Gasteiger charge is 2.39. The van der Waals surface area contributed by atoms with E-state index in [-0.39, 0.29) is 10.7 Å². The molecule has 1 N–H and O–H groups in total. The normalized spacial score (nSPS) is 14.1. The van der Waals surface area contributed by atoms with Crippen LogP contribution in [0.4, 0.5) is 11.4 Å². The molecule has 0 spiro atoms. The molecular formula is C18H14ClIN2O4. The Hall–Kier alpha value is -2.26. The summed E-state index contributed by atoms with van der Waals surface area (Å²) in [5, 5.41) is 2.73. The number of nitrogens with one attached hydrogen (secondary N) is 1. The molecule has 0 saturated heterocycles. The SMILES string of the molecule is COc1ccc(NC2=C(Cl)C(=O)N(c3ccc(I)cc3)C2=O)c(OC)c1. The Balaban J connectivity index is 1.92. The van der Waals surface area contributed by atoms with E-state index >= 15 is 0 Å². The molecule has 3 rings (SSSR count). The summed E-state index contributed by atoms with van der Waals surface area (Å²) in [6.07, 6.45) is 0. The summed E-state index contributed by atoms with van der Waals surface area (Å²) in [6.45, 7) is 0. The van der Waals surface area contributed by atoms with E-state index in [9.17, 15) is 9.59 Å². The second kappa shape index (κ2) is 7.55. The first-order valence-electron chi connectivity index (χ1n) is 7.49. The second-order valence-corrected chi connectivity index (χ2v) is 6.93. The van der Waals surface area contributed by atoms with Crippen molar-refractivity contribution >= 4 is 57.4 Å². The number of carbonyl (C=O) groups is 2. The lowest BCUT2D eigenvalue weighted by Gasteiger charge is -2.16. The summed E-state index contributed by atoms with van der Waals surface area (Å²) >= 11 is 8.29. The number of methoxy groups -OCH3 is 2. The van der Waals surface area contributed by atoms with Crippen molar-refractivity contribution < 1.29 is 19.1 Å². The van der Waals surface area contributed by atoms with E-state index in [0.717, 1.165) is 8.47 Å². The fraction of sp³-hybridized carbons (Fsp3) is 0.111. The Labute approximate surface area is 168 Å². The molecule has 2 aromatic carbocycles. The van der Waals surface area contributed by atoms with E-state index in [4.69, 9.17) is 21.1 Å². The summed E-state index contributed by atoms with van der Waals surface area (Å²) in [6, 6.07) is 12.1. The molecule has 0 saturated carbocycles. The van der Waals surface area contributed by atoms with E-state index in [0.29, 0.717) is 22.9 Å². The van der Waals surface area contributed by atoms with Gasteiger partial charge in [0.15, 0.2) is 0 Å². The number of benzene rings is 2. The minimum Gasteiger partial charge on any atom is -0.497 e. The van der Waals surface area contributed by atoms with Gasteiger partial charge in [0.2, 0.25) is 0 Å². The zero-order valence-corrected chi connectivity index (χ0v) is 16.8. The number of rotatable bonds is 5. The average Bonchev–Trinajstić information content (AvgIpc) is 2.86. The van der Waals surface area contributed by atoms with Crippen LogP contribution in [-0.2, 0) is 9.59 Å². The molecule has 26 heavy (non-hydrogen) atoms. The third-order valence-corrected chi connectivity index (χ3v) is 4.85. The minimum absolute atomic E-state index is 0.00122. The molecule has 1 heterocycles. The number of anilines is 2. The van der Waals surface area contributed by atoms with E-state index in [1.807, 2.05) is 12.1 Å². The minimum atomic E-state index is -0.576.